The van der Waals surface area contributed by atoms with Gasteiger partial charge in [0.1, 0.15) is 5.82 Å². The molecule has 0 unspecified atom stereocenters. The summed E-state index contributed by atoms with van der Waals surface area (Å²) in [7, 11) is 0. The molecule has 0 aliphatic rings. The lowest BCUT2D eigenvalue weighted by Gasteiger charge is -1.91. The minimum absolute atomic E-state index is 0. The van der Waals surface area contributed by atoms with Crippen molar-refractivity contribution in [1.29, 1.82) is 0 Å². The number of nitrogens with zero attached hydrogens (tertiary/aromatic N) is 1. The predicted octanol–water partition coefficient (Wildman–Crippen LogP) is 2.31. The van der Waals surface area contributed by atoms with Crippen LogP contribution in [0.25, 0.3) is 17.0 Å². The standard InChI is InChI=1S/C11H12FN3.H2/c12-8-4-5-11-9(7-8)10(14-15-11)3-1-2-6-13;/h1,3-5,7H,2,6,13H2,(H,14,15);1H/b3-1+;. The summed E-state index contributed by atoms with van der Waals surface area (Å²) in [5.41, 5.74) is 6.95. The van der Waals surface area contributed by atoms with Gasteiger partial charge in [0, 0.05) is 6.81 Å². The van der Waals surface area contributed by atoms with Gasteiger partial charge in [0.2, 0.25) is 0 Å². The first-order valence-electron chi connectivity index (χ1n) is 4.81. The van der Waals surface area contributed by atoms with Gasteiger partial charge in [-0.25, -0.2) is 4.39 Å². The third kappa shape index (κ3) is 2.05. The maximum absolute atomic E-state index is 13.0. The van der Waals surface area contributed by atoms with Crippen molar-refractivity contribution in [3.8, 4) is 0 Å². The molecule has 2 rings (SSSR count). The molecule has 0 aliphatic carbocycles. The summed E-state index contributed by atoms with van der Waals surface area (Å²) in [6.45, 7) is 0.608. The van der Waals surface area contributed by atoms with Crippen LogP contribution in [0.3, 0.4) is 0 Å². The van der Waals surface area contributed by atoms with Gasteiger partial charge in [-0.1, -0.05) is 6.08 Å². The van der Waals surface area contributed by atoms with E-state index in [2.05, 4.69) is 10.2 Å². The molecule has 0 aliphatic heterocycles. The molecule has 4 heteroatoms. The highest BCUT2D eigenvalue weighted by Gasteiger charge is 2.02. The first-order chi connectivity index (χ1) is 7.31. The monoisotopic (exact) mass is 207 g/mol. The molecule has 0 amide bonds. The van der Waals surface area contributed by atoms with Crippen LogP contribution in [0.5, 0.6) is 0 Å². The number of nitrogens with two attached hydrogens (primary N) is 1. The fraction of sp³-hybridized carbons (Fsp3) is 0.182. The van der Waals surface area contributed by atoms with Crippen LogP contribution in [0, 0.1) is 5.82 Å². The lowest BCUT2D eigenvalue weighted by Crippen LogP contribution is -1.94. The van der Waals surface area contributed by atoms with E-state index >= 15 is 0 Å². The van der Waals surface area contributed by atoms with Gasteiger partial charge < -0.3 is 5.73 Å². The van der Waals surface area contributed by atoms with Gasteiger partial charge in [-0.2, -0.15) is 5.10 Å². The predicted molar refractivity (Wildman–Crippen MR) is 60.9 cm³/mol. The van der Waals surface area contributed by atoms with Crippen LogP contribution in [-0.4, -0.2) is 16.7 Å². The van der Waals surface area contributed by atoms with Crippen LogP contribution in [-0.2, 0) is 0 Å². The normalized spacial score (nSPS) is 11.6. The number of aromatic amines is 1. The molecule has 0 bridgehead atoms. The molecule has 0 saturated carbocycles. The fourth-order valence-corrected chi connectivity index (χ4v) is 1.43. The van der Waals surface area contributed by atoms with Crippen molar-refractivity contribution in [2.24, 2.45) is 5.73 Å². The third-order valence-corrected chi connectivity index (χ3v) is 2.16. The van der Waals surface area contributed by atoms with E-state index in [1.165, 1.54) is 12.1 Å². The van der Waals surface area contributed by atoms with E-state index in [0.29, 0.717) is 6.54 Å². The summed E-state index contributed by atoms with van der Waals surface area (Å²) in [6.07, 6.45) is 4.62. The number of halogens is 1. The second-order valence-corrected chi connectivity index (χ2v) is 3.28. The van der Waals surface area contributed by atoms with Crippen molar-refractivity contribution >= 4 is 17.0 Å². The Labute approximate surface area is 88.3 Å². The van der Waals surface area contributed by atoms with E-state index in [1.54, 1.807) is 6.07 Å². The van der Waals surface area contributed by atoms with Gasteiger partial charge in [0.05, 0.1) is 11.2 Å². The Kier molecular flexibility index (Phi) is 2.78. The zero-order valence-electron chi connectivity index (χ0n) is 8.20. The van der Waals surface area contributed by atoms with Crippen molar-refractivity contribution in [2.45, 2.75) is 6.42 Å². The smallest absolute Gasteiger partial charge is 0.124 e. The van der Waals surface area contributed by atoms with Crippen LogP contribution < -0.4 is 5.73 Å². The lowest BCUT2D eigenvalue weighted by atomic mass is 10.2. The Morgan fingerprint density at radius 1 is 1.53 bits per heavy atom. The van der Waals surface area contributed by atoms with Crippen molar-refractivity contribution in [3.05, 3.63) is 35.8 Å². The Balaban J connectivity index is 0.00000128. The summed E-state index contributed by atoms with van der Waals surface area (Å²) in [6, 6.07) is 4.53. The molecule has 15 heavy (non-hydrogen) atoms. The average molecular weight is 207 g/mol. The molecule has 80 valence electrons. The van der Waals surface area contributed by atoms with Gasteiger partial charge in [-0.3, -0.25) is 5.10 Å². The summed E-state index contributed by atoms with van der Waals surface area (Å²) in [4.78, 5) is 0. The highest BCUT2D eigenvalue weighted by molar-refractivity contribution is 5.86. The number of rotatable bonds is 3. The molecular formula is C11H14FN3. The fourth-order valence-electron chi connectivity index (χ4n) is 1.43. The van der Waals surface area contributed by atoms with E-state index in [0.717, 1.165) is 23.0 Å². The van der Waals surface area contributed by atoms with E-state index in [9.17, 15) is 4.39 Å². The number of nitrogens with one attached hydrogen (secondary N) is 1. The Hall–Kier alpha value is -1.68. The van der Waals surface area contributed by atoms with Crippen LogP contribution in [0.4, 0.5) is 4.39 Å². The molecule has 1 aromatic carbocycles. The molecule has 3 nitrogen and oxygen atoms in total. The molecule has 1 heterocycles. The topological polar surface area (TPSA) is 54.7 Å². The average Bonchev–Trinajstić information content (AvgIpc) is 2.62. The molecule has 0 saturated heterocycles. The largest absolute Gasteiger partial charge is 0.330 e. The zero-order valence-corrected chi connectivity index (χ0v) is 8.20. The molecule has 0 spiro atoms. The zero-order chi connectivity index (χ0) is 10.7. The highest BCUT2D eigenvalue weighted by atomic mass is 19.1. The van der Waals surface area contributed by atoms with Crippen LogP contribution in [0.1, 0.15) is 13.5 Å². The number of hydrogen-bond acceptors (Lipinski definition) is 2. The molecular weight excluding hydrogens is 193 g/mol. The van der Waals surface area contributed by atoms with Crippen molar-refractivity contribution in [3.63, 3.8) is 0 Å². The Morgan fingerprint density at radius 3 is 3.20 bits per heavy atom. The molecule has 2 aromatic rings. The SMILES string of the molecule is NCC/C=C/c1[nH]nc2ccc(F)cc12.[HH]. The van der Waals surface area contributed by atoms with Crippen LogP contribution in [0.15, 0.2) is 24.3 Å². The van der Waals surface area contributed by atoms with Gasteiger partial charge in [-0.15, -0.1) is 0 Å². The third-order valence-electron chi connectivity index (χ3n) is 2.16. The molecule has 1 aromatic heterocycles. The molecule has 0 fully saturated rings. The van der Waals surface area contributed by atoms with Gasteiger partial charge in [-0.05, 0) is 37.2 Å². The van der Waals surface area contributed by atoms with Crippen molar-refractivity contribution in [1.82, 2.24) is 10.2 Å². The number of benzene rings is 1. The van der Waals surface area contributed by atoms with E-state index in [1.807, 2.05) is 12.2 Å². The van der Waals surface area contributed by atoms with E-state index in [4.69, 9.17) is 5.73 Å². The second-order valence-electron chi connectivity index (χ2n) is 3.28. The minimum atomic E-state index is -0.252. The number of H-pyrrole nitrogens is 1. The quantitative estimate of drug-likeness (QED) is 0.811. The van der Waals surface area contributed by atoms with Gasteiger partial charge in [0.25, 0.3) is 0 Å². The molecule has 3 N–H and O–H groups in total. The summed E-state index contributed by atoms with van der Waals surface area (Å²) in [5, 5.41) is 7.71. The van der Waals surface area contributed by atoms with E-state index in [-0.39, 0.29) is 7.24 Å². The maximum atomic E-state index is 13.0. The minimum Gasteiger partial charge on any atom is -0.330 e. The van der Waals surface area contributed by atoms with Gasteiger partial charge in [0.15, 0.2) is 0 Å². The number of fused-ring (bicyclic) bond motifs is 1. The second kappa shape index (κ2) is 4.23. The highest BCUT2D eigenvalue weighted by Crippen LogP contribution is 2.18. The van der Waals surface area contributed by atoms with E-state index < -0.39 is 0 Å². The van der Waals surface area contributed by atoms with Crippen molar-refractivity contribution in [2.75, 3.05) is 6.54 Å². The Morgan fingerprint density at radius 2 is 2.40 bits per heavy atom. The van der Waals surface area contributed by atoms with Gasteiger partial charge >= 0.3 is 0 Å². The summed E-state index contributed by atoms with van der Waals surface area (Å²) in [5.74, 6) is -0.252. The Bertz CT molecular complexity index is 493. The van der Waals surface area contributed by atoms with Crippen molar-refractivity contribution < 1.29 is 5.82 Å². The molecule has 0 atom stereocenters. The lowest BCUT2D eigenvalue weighted by molar-refractivity contribution is 0.629. The van der Waals surface area contributed by atoms with Crippen LogP contribution >= 0.6 is 0 Å². The molecule has 0 radical (unpaired) electrons. The summed E-state index contributed by atoms with van der Waals surface area (Å²) >= 11 is 0. The maximum Gasteiger partial charge on any atom is 0.124 e. The number of hydrogen-bond donors (Lipinski definition) is 2. The summed E-state index contributed by atoms with van der Waals surface area (Å²) < 4.78 is 13.0. The number of aromatic nitrogens is 2. The van der Waals surface area contributed by atoms with Crippen LogP contribution in [0.2, 0.25) is 0 Å². The first-order valence-corrected chi connectivity index (χ1v) is 4.81. The first kappa shape index (κ1) is 9.86.